The lowest BCUT2D eigenvalue weighted by molar-refractivity contribution is 0.337. The van der Waals surface area contributed by atoms with Crippen LogP contribution in [0, 0.1) is 5.41 Å². The van der Waals surface area contributed by atoms with Gasteiger partial charge in [0.05, 0.1) is 5.76 Å². The van der Waals surface area contributed by atoms with E-state index in [9.17, 15) is 5.11 Å². The van der Waals surface area contributed by atoms with Gasteiger partial charge in [0.2, 0.25) is 0 Å². The van der Waals surface area contributed by atoms with Crippen LogP contribution in [-0.4, -0.2) is 5.11 Å². The maximum absolute atomic E-state index is 9.60. The summed E-state index contributed by atoms with van der Waals surface area (Å²) < 4.78 is 0. The maximum atomic E-state index is 9.60. The minimum absolute atomic E-state index is 0.152. The summed E-state index contributed by atoms with van der Waals surface area (Å²) >= 11 is 0. The molecule has 0 bridgehead atoms. The first-order valence-corrected chi connectivity index (χ1v) is 8.78. The highest BCUT2D eigenvalue weighted by molar-refractivity contribution is 5.11. The molecule has 0 aliphatic rings. The van der Waals surface area contributed by atoms with Crippen molar-refractivity contribution in [2.45, 2.75) is 105 Å². The summed E-state index contributed by atoms with van der Waals surface area (Å²) in [6.45, 7) is 10.6. The summed E-state index contributed by atoms with van der Waals surface area (Å²) in [7, 11) is 0. The van der Waals surface area contributed by atoms with Crippen LogP contribution in [0.15, 0.2) is 11.3 Å². The highest BCUT2D eigenvalue weighted by atomic mass is 16.3. The molecule has 1 N–H and O–H groups in total. The lowest BCUT2D eigenvalue weighted by Crippen LogP contribution is -2.14. The van der Waals surface area contributed by atoms with Gasteiger partial charge in [0.25, 0.3) is 0 Å². The number of aliphatic hydroxyl groups excluding tert-OH is 1. The second-order valence-electron chi connectivity index (χ2n) is 7.03. The molecule has 0 aliphatic carbocycles. The van der Waals surface area contributed by atoms with Crippen molar-refractivity contribution in [3.05, 3.63) is 11.3 Å². The lowest BCUT2D eigenvalue weighted by Gasteiger charge is -2.26. The molecule has 0 fully saturated rings. The van der Waals surface area contributed by atoms with Gasteiger partial charge in [-0.1, -0.05) is 85.0 Å². The third-order valence-electron chi connectivity index (χ3n) is 4.71. The number of unbranched alkanes of at least 4 members (excludes halogenated alkanes) is 9. The molecule has 0 spiro atoms. The van der Waals surface area contributed by atoms with Crippen LogP contribution >= 0.6 is 0 Å². The summed E-state index contributed by atoms with van der Waals surface area (Å²) in [4.78, 5) is 0. The molecule has 0 heterocycles. The Balaban J connectivity index is 3.51. The van der Waals surface area contributed by atoms with Crippen LogP contribution in [0.2, 0.25) is 0 Å². The molecule has 0 atom stereocenters. The monoisotopic (exact) mass is 282 g/mol. The molecule has 0 radical (unpaired) electrons. The molecule has 0 unspecified atom stereocenters. The molecule has 0 aromatic rings. The highest BCUT2D eigenvalue weighted by Crippen LogP contribution is 2.33. The zero-order valence-corrected chi connectivity index (χ0v) is 14.7. The predicted octanol–water partition coefficient (Wildman–Crippen LogP) is 7.18. The van der Waals surface area contributed by atoms with Crippen molar-refractivity contribution in [2.24, 2.45) is 5.41 Å². The van der Waals surface area contributed by atoms with Crippen LogP contribution in [0.25, 0.3) is 0 Å². The van der Waals surface area contributed by atoms with Crippen molar-refractivity contribution in [1.29, 1.82) is 0 Å². The van der Waals surface area contributed by atoms with Crippen molar-refractivity contribution in [1.82, 2.24) is 0 Å². The van der Waals surface area contributed by atoms with E-state index in [1.807, 2.05) is 0 Å². The van der Waals surface area contributed by atoms with Gasteiger partial charge in [0.15, 0.2) is 0 Å². The molecular weight excluding hydrogens is 244 g/mol. The minimum Gasteiger partial charge on any atom is -0.513 e. The average Bonchev–Trinajstić information content (AvgIpc) is 2.39. The molecular formula is C19H38O. The molecule has 20 heavy (non-hydrogen) atoms. The van der Waals surface area contributed by atoms with Crippen molar-refractivity contribution in [3.8, 4) is 0 Å². The normalized spacial score (nSPS) is 13.4. The van der Waals surface area contributed by atoms with Crippen LogP contribution in [0.3, 0.4) is 0 Å². The first-order valence-electron chi connectivity index (χ1n) is 8.78. The van der Waals surface area contributed by atoms with Crippen molar-refractivity contribution < 1.29 is 5.11 Å². The molecule has 0 aromatic heterocycles. The Hall–Kier alpha value is -0.460. The molecule has 1 heteroatoms. The largest absolute Gasteiger partial charge is 0.513 e. The fourth-order valence-electron chi connectivity index (χ4n) is 2.73. The Kier molecular flexibility index (Phi) is 11.0. The molecule has 0 aromatic carbocycles. The number of rotatable bonds is 12. The van der Waals surface area contributed by atoms with Gasteiger partial charge in [-0.15, -0.1) is 0 Å². The predicted molar refractivity (Wildman–Crippen MR) is 91.2 cm³/mol. The van der Waals surface area contributed by atoms with E-state index < -0.39 is 0 Å². The Bertz CT molecular complexity index is 259. The summed E-state index contributed by atoms with van der Waals surface area (Å²) in [6.07, 6.45) is 15.1. The van der Waals surface area contributed by atoms with Gasteiger partial charge in [-0.3, -0.25) is 0 Å². The number of aliphatic hydroxyl groups is 1. The lowest BCUT2D eigenvalue weighted by atomic mass is 9.79. The smallest absolute Gasteiger partial charge is 0.0886 e. The highest BCUT2D eigenvalue weighted by Gasteiger charge is 2.21. The third-order valence-corrected chi connectivity index (χ3v) is 4.71. The Morgan fingerprint density at radius 3 is 1.55 bits per heavy atom. The van der Waals surface area contributed by atoms with Gasteiger partial charge >= 0.3 is 0 Å². The van der Waals surface area contributed by atoms with Gasteiger partial charge in [0, 0.05) is 0 Å². The van der Waals surface area contributed by atoms with E-state index >= 15 is 0 Å². The minimum atomic E-state index is 0.152. The summed E-state index contributed by atoms with van der Waals surface area (Å²) in [5, 5.41) is 9.60. The van der Waals surface area contributed by atoms with Gasteiger partial charge in [-0.05, 0) is 31.3 Å². The average molecular weight is 283 g/mol. The van der Waals surface area contributed by atoms with Crippen LogP contribution < -0.4 is 0 Å². The van der Waals surface area contributed by atoms with E-state index in [4.69, 9.17) is 0 Å². The number of hydrogen-bond acceptors (Lipinski definition) is 1. The summed E-state index contributed by atoms with van der Waals surface area (Å²) in [5.74, 6) is 0.502. The molecule has 1 nitrogen and oxygen atoms in total. The van der Waals surface area contributed by atoms with E-state index in [0.29, 0.717) is 5.76 Å². The molecule has 0 rings (SSSR count). The summed E-state index contributed by atoms with van der Waals surface area (Å²) in [6, 6.07) is 0. The fraction of sp³-hybridized carbons (Fsp3) is 0.895. The second-order valence-corrected chi connectivity index (χ2v) is 7.03. The van der Waals surface area contributed by atoms with E-state index in [-0.39, 0.29) is 5.41 Å². The second kappa shape index (κ2) is 11.2. The van der Waals surface area contributed by atoms with E-state index in [0.717, 1.165) is 5.57 Å². The van der Waals surface area contributed by atoms with Gasteiger partial charge < -0.3 is 5.11 Å². The first-order chi connectivity index (χ1) is 9.41. The van der Waals surface area contributed by atoms with E-state index in [1.54, 1.807) is 6.92 Å². The van der Waals surface area contributed by atoms with Crippen LogP contribution in [0.4, 0.5) is 0 Å². The number of hydrogen-bond donors (Lipinski definition) is 1. The van der Waals surface area contributed by atoms with Crippen molar-refractivity contribution >= 4 is 0 Å². The Morgan fingerprint density at radius 2 is 1.15 bits per heavy atom. The molecule has 0 saturated carbocycles. The van der Waals surface area contributed by atoms with Crippen molar-refractivity contribution in [3.63, 3.8) is 0 Å². The van der Waals surface area contributed by atoms with Crippen LogP contribution in [-0.2, 0) is 0 Å². The van der Waals surface area contributed by atoms with Gasteiger partial charge in [-0.25, -0.2) is 0 Å². The SMILES string of the molecule is CCCCCCCCCCCCC(C)(C)C(C)=C(C)O. The van der Waals surface area contributed by atoms with Crippen LogP contribution in [0.5, 0.6) is 0 Å². The maximum Gasteiger partial charge on any atom is 0.0886 e. The van der Waals surface area contributed by atoms with Gasteiger partial charge in [-0.2, -0.15) is 0 Å². The van der Waals surface area contributed by atoms with E-state index in [1.165, 1.54) is 70.6 Å². The zero-order chi connectivity index (χ0) is 15.4. The zero-order valence-electron chi connectivity index (χ0n) is 14.7. The molecule has 120 valence electrons. The van der Waals surface area contributed by atoms with E-state index in [2.05, 4.69) is 27.7 Å². The summed E-state index contributed by atoms with van der Waals surface area (Å²) in [5.41, 5.74) is 1.30. The Morgan fingerprint density at radius 1 is 0.750 bits per heavy atom. The Labute approximate surface area is 127 Å². The molecule has 0 saturated heterocycles. The molecule has 0 aliphatic heterocycles. The van der Waals surface area contributed by atoms with Crippen molar-refractivity contribution in [2.75, 3.05) is 0 Å². The first kappa shape index (κ1) is 19.5. The third kappa shape index (κ3) is 9.44. The quantitative estimate of drug-likeness (QED) is 0.297. The number of allylic oxidation sites excluding steroid dienone is 2. The van der Waals surface area contributed by atoms with Gasteiger partial charge in [0.1, 0.15) is 0 Å². The van der Waals surface area contributed by atoms with Crippen LogP contribution in [0.1, 0.15) is 105 Å². The standard InChI is InChI=1S/C19H38O/c1-6-7-8-9-10-11-12-13-14-15-16-19(4,5)17(2)18(3)20/h20H,6-16H2,1-5H3. The topological polar surface area (TPSA) is 20.2 Å². The fourth-order valence-corrected chi connectivity index (χ4v) is 2.73. The molecule has 0 amide bonds.